The number of rotatable bonds is 8. The summed E-state index contributed by atoms with van der Waals surface area (Å²) >= 11 is 0. The third kappa shape index (κ3) is 22.1. The van der Waals surface area contributed by atoms with Gasteiger partial charge in [-0.25, -0.2) is 0 Å². The maximum atomic E-state index is 9.90. The van der Waals surface area contributed by atoms with Crippen LogP contribution in [0.4, 0.5) is 0 Å². The van der Waals surface area contributed by atoms with Crippen LogP contribution in [-0.4, -0.2) is 158 Å². The molecule has 4 rings (SSSR count). The average Bonchev–Trinajstić information content (AvgIpc) is 3.55. The van der Waals surface area contributed by atoms with Crippen molar-refractivity contribution < 1.29 is 82.5 Å². The maximum absolute atomic E-state index is 9.90. The molecule has 17 nitrogen and oxygen atoms in total. The average molecular weight is 677 g/mol. The van der Waals surface area contributed by atoms with Gasteiger partial charge in [0.05, 0.1) is 59.5 Å². The van der Waals surface area contributed by atoms with Gasteiger partial charge in [0, 0.05) is 0 Å². The molecule has 0 aromatic rings. The first-order chi connectivity index (χ1) is 21.3. The summed E-state index contributed by atoms with van der Waals surface area (Å²) in [6.07, 6.45) is -1.89. The third-order valence-corrected chi connectivity index (χ3v) is 5.84. The Balaban J connectivity index is 0.000000558. The van der Waals surface area contributed by atoms with Crippen LogP contribution >= 0.6 is 0 Å². The second-order valence-corrected chi connectivity index (χ2v) is 12.1. The van der Waals surface area contributed by atoms with Gasteiger partial charge in [0.25, 0.3) is 12.9 Å². The lowest BCUT2D eigenvalue weighted by molar-refractivity contribution is -0.274. The summed E-state index contributed by atoms with van der Waals surface area (Å²) in [5.74, 6) is -2.06. The lowest BCUT2D eigenvalue weighted by Gasteiger charge is -2.33. The fourth-order valence-corrected chi connectivity index (χ4v) is 3.42. The molecule has 0 aliphatic carbocycles. The van der Waals surface area contributed by atoms with E-state index in [4.69, 9.17) is 63.4 Å². The van der Waals surface area contributed by atoms with Gasteiger partial charge in [-0.1, -0.05) is 0 Å². The molecule has 0 radical (unpaired) electrons. The molecule has 4 aliphatic heterocycles. The van der Waals surface area contributed by atoms with Crippen LogP contribution in [0.1, 0.15) is 55.4 Å². The summed E-state index contributed by atoms with van der Waals surface area (Å²) in [6.45, 7) is 17.6. The molecular weight excluding hydrogens is 620 g/mol. The molecule has 4 aliphatic rings. The lowest BCUT2D eigenvalue weighted by Crippen LogP contribution is -2.42. The van der Waals surface area contributed by atoms with Gasteiger partial charge in [0.2, 0.25) is 0 Å². The predicted octanol–water partition coefficient (Wildman–Crippen LogP) is -0.786. The first kappa shape index (κ1) is 44.4. The van der Waals surface area contributed by atoms with Crippen molar-refractivity contribution in [1.29, 1.82) is 0 Å². The molecule has 0 aromatic heterocycles. The summed E-state index contributed by atoms with van der Waals surface area (Å²) < 4.78 is 50.8. The van der Waals surface area contributed by atoms with E-state index in [-0.39, 0.29) is 44.7 Å². The lowest BCUT2D eigenvalue weighted by atomic mass is 10.3. The highest BCUT2D eigenvalue weighted by atomic mass is 16.8. The van der Waals surface area contributed by atoms with Crippen LogP contribution in [-0.2, 0) is 57.0 Å². The van der Waals surface area contributed by atoms with Gasteiger partial charge < -0.3 is 72.9 Å². The fraction of sp³-hybridized carbons (Fsp3) is 0.931. The van der Waals surface area contributed by atoms with E-state index in [2.05, 4.69) is 9.47 Å². The highest BCUT2D eigenvalue weighted by molar-refractivity contribution is 5.37. The van der Waals surface area contributed by atoms with Gasteiger partial charge in [-0.05, 0) is 55.4 Å². The summed E-state index contributed by atoms with van der Waals surface area (Å²) in [5.41, 5.74) is 0. The van der Waals surface area contributed by atoms with Crippen molar-refractivity contribution in [2.45, 2.75) is 109 Å². The monoisotopic (exact) mass is 676 g/mol. The number of carbonyl (C=O) groups excluding carboxylic acids is 2. The molecule has 17 heteroatoms. The van der Waals surface area contributed by atoms with Crippen molar-refractivity contribution in [3.63, 3.8) is 0 Å². The second kappa shape index (κ2) is 22.1. The van der Waals surface area contributed by atoms with E-state index in [1.165, 1.54) is 0 Å². The highest BCUT2D eigenvalue weighted by Crippen LogP contribution is 2.22. The Bertz CT molecular complexity index is 779. The molecule has 2 unspecified atom stereocenters. The van der Waals surface area contributed by atoms with Crippen LogP contribution in [0, 0.1) is 0 Å². The van der Waals surface area contributed by atoms with Crippen molar-refractivity contribution in [3.8, 4) is 0 Å². The smallest absolute Gasteiger partial charge is 0.293 e. The topological polar surface area (TPSA) is 228 Å². The van der Waals surface area contributed by atoms with Gasteiger partial charge >= 0.3 is 0 Å². The largest absolute Gasteiger partial charge is 0.465 e. The number of aliphatic hydroxyl groups is 5. The van der Waals surface area contributed by atoms with Gasteiger partial charge in [0.15, 0.2) is 23.1 Å². The van der Waals surface area contributed by atoms with E-state index in [0.29, 0.717) is 52.6 Å². The molecule has 46 heavy (non-hydrogen) atoms. The second-order valence-electron chi connectivity index (χ2n) is 12.1. The van der Waals surface area contributed by atoms with Gasteiger partial charge in [-0.2, -0.15) is 0 Å². The number of hydrogen-bond donors (Lipinski definition) is 5. The summed E-state index contributed by atoms with van der Waals surface area (Å²) in [5, 5.41) is 41.5. The standard InChI is InChI=1S/2C7H12O4.2C6H12O3.C3H8O3/c1-7(2)10-3-6(4-11-7)9-5-8;1-7(2)10-4-6(11-7)3-9-5-8;1-6(2)8-3-5(7)4-9-6;1-6(2)8-4-5(3-7)9-6;4-1-3(6)2-5/h2*5-6H,3-4H2,1-2H3;2*5,7H,3-4H2,1-2H3;3-6H,1-2H2. The number of carbonyl (C=O) groups is 2. The zero-order valence-electron chi connectivity index (χ0n) is 28.2. The maximum Gasteiger partial charge on any atom is 0.293 e. The molecule has 0 aromatic carbocycles. The van der Waals surface area contributed by atoms with E-state index in [0.717, 1.165) is 0 Å². The van der Waals surface area contributed by atoms with Crippen LogP contribution in [0.5, 0.6) is 0 Å². The summed E-state index contributed by atoms with van der Waals surface area (Å²) in [4.78, 5) is 19.7. The molecule has 4 heterocycles. The minimum absolute atomic E-state index is 0.0451. The molecule has 5 N–H and O–H groups in total. The normalized spacial score (nSPS) is 26.0. The molecule has 4 saturated heterocycles. The molecule has 0 spiro atoms. The van der Waals surface area contributed by atoms with E-state index < -0.39 is 35.4 Å². The van der Waals surface area contributed by atoms with E-state index in [9.17, 15) is 9.59 Å². The zero-order chi connectivity index (χ0) is 35.4. The van der Waals surface area contributed by atoms with Gasteiger partial charge in [0.1, 0.15) is 37.1 Å². The van der Waals surface area contributed by atoms with Crippen LogP contribution in [0.25, 0.3) is 0 Å². The molecule has 0 saturated carbocycles. The van der Waals surface area contributed by atoms with Gasteiger partial charge in [-0.15, -0.1) is 0 Å². The number of aliphatic hydroxyl groups excluding tert-OH is 5. The van der Waals surface area contributed by atoms with Crippen molar-refractivity contribution >= 4 is 12.9 Å². The molecule has 0 bridgehead atoms. The minimum Gasteiger partial charge on any atom is -0.465 e. The number of hydrogen-bond acceptors (Lipinski definition) is 17. The molecular formula is C29H56O17. The third-order valence-electron chi connectivity index (χ3n) is 5.84. The summed E-state index contributed by atoms with van der Waals surface area (Å²) in [6, 6.07) is 0. The Labute approximate surface area is 270 Å². The molecule has 274 valence electrons. The Morgan fingerprint density at radius 3 is 1.35 bits per heavy atom. The zero-order valence-corrected chi connectivity index (χ0v) is 28.2. The summed E-state index contributed by atoms with van der Waals surface area (Å²) in [7, 11) is 0. The minimum atomic E-state index is -0.954. The van der Waals surface area contributed by atoms with E-state index >= 15 is 0 Å². The molecule has 0 amide bonds. The van der Waals surface area contributed by atoms with Gasteiger partial charge in [-0.3, -0.25) is 9.59 Å². The van der Waals surface area contributed by atoms with E-state index in [1.54, 1.807) is 0 Å². The van der Waals surface area contributed by atoms with Crippen molar-refractivity contribution in [3.05, 3.63) is 0 Å². The quantitative estimate of drug-likeness (QED) is 0.199. The van der Waals surface area contributed by atoms with Crippen molar-refractivity contribution in [2.24, 2.45) is 0 Å². The van der Waals surface area contributed by atoms with Crippen LogP contribution < -0.4 is 0 Å². The Morgan fingerprint density at radius 2 is 1.07 bits per heavy atom. The Hall–Kier alpha value is -1.58. The SMILES string of the molecule is CC1(C)OCC(CO)O1.CC1(C)OCC(COC=O)O1.CC1(C)OCC(O)CO1.CC1(C)OCC(OC=O)CO1.OCC(O)CO. The van der Waals surface area contributed by atoms with Crippen LogP contribution in [0.3, 0.4) is 0 Å². The predicted molar refractivity (Wildman–Crippen MR) is 158 cm³/mol. The molecule has 2 atom stereocenters. The first-order valence-electron chi connectivity index (χ1n) is 14.9. The highest BCUT2D eigenvalue weighted by Gasteiger charge is 2.33. The fourth-order valence-electron chi connectivity index (χ4n) is 3.42. The van der Waals surface area contributed by atoms with Crippen molar-refractivity contribution in [1.82, 2.24) is 0 Å². The van der Waals surface area contributed by atoms with Crippen LogP contribution in [0.2, 0.25) is 0 Å². The molecule has 4 fully saturated rings. The number of ether oxygens (including phenoxy) is 10. The first-order valence-corrected chi connectivity index (χ1v) is 14.9. The Morgan fingerprint density at radius 1 is 0.652 bits per heavy atom. The van der Waals surface area contributed by atoms with Crippen LogP contribution in [0.15, 0.2) is 0 Å². The van der Waals surface area contributed by atoms with Crippen molar-refractivity contribution in [2.75, 3.05) is 66.1 Å². The Kier molecular flexibility index (Phi) is 21.4. The van der Waals surface area contributed by atoms with E-state index in [1.807, 2.05) is 55.4 Å².